The third-order valence-corrected chi connectivity index (χ3v) is 3.19. The molecule has 2 heterocycles. The molecule has 0 radical (unpaired) electrons. The van der Waals surface area contributed by atoms with Crippen molar-refractivity contribution in [3.8, 4) is 0 Å². The van der Waals surface area contributed by atoms with Crippen molar-refractivity contribution in [3.05, 3.63) is 18.0 Å². The fraction of sp³-hybridized carbons (Fsp3) is 0.692. The maximum atomic E-state index is 11.8. The summed E-state index contributed by atoms with van der Waals surface area (Å²) in [4.78, 5) is 11.8. The lowest BCUT2D eigenvalue weighted by Gasteiger charge is -2.23. The molecule has 1 aromatic heterocycles. The molecule has 1 aliphatic heterocycles. The van der Waals surface area contributed by atoms with Crippen molar-refractivity contribution in [1.29, 1.82) is 0 Å². The van der Waals surface area contributed by atoms with Gasteiger partial charge in [0.05, 0.1) is 24.9 Å². The third-order valence-electron chi connectivity index (χ3n) is 3.19. The van der Waals surface area contributed by atoms with Gasteiger partial charge in [-0.3, -0.25) is 9.89 Å². The summed E-state index contributed by atoms with van der Waals surface area (Å²) in [5.41, 5.74) is 0.871. The van der Waals surface area contributed by atoms with Gasteiger partial charge in [0, 0.05) is 12.8 Å². The fourth-order valence-corrected chi connectivity index (χ4v) is 1.98. The van der Waals surface area contributed by atoms with Crippen molar-refractivity contribution in [3.63, 3.8) is 0 Å². The van der Waals surface area contributed by atoms with E-state index in [0.717, 1.165) is 25.1 Å². The van der Waals surface area contributed by atoms with E-state index in [4.69, 9.17) is 9.47 Å². The first-order valence-electron chi connectivity index (χ1n) is 6.75. The Bertz CT molecular complexity index is 374. The molecule has 1 aromatic rings. The van der Waals surface area contributed by atoms with Crippen LogP contribution in [0.1, 0.15) is 31.9 Å². The average Bonchev–Trinajstić information content (AvgIpc) is 2.96. The fourth-order valence-electron chi connectivity index (χ4n) is 1.98. The molecule has 0 aliphatic carbocycles. The number of hydrogen-bond acceptors (Lipinski definition) is 4. The van der Waals surface area contributed by atoms with Gasteiger partial charge in [0.2, 0.25) is 5.91 Å². The smallest absolute Gasteiger partial charge is 0.249 e. The molecular weight excluding hydrogens is 246 g/mol. The summed E-state index contributed by atoms with van der Waals surface area (Å²) < 4.78 is 11.1. The molecule has 0 aromatic carbocycles. The van der Waals surface area contributed by atoms with Crippen LogP contribution in [-0.4, -0.2) is 41.5 Å². The highest BCUT2D eigenvalue weighted by atomic mass is 16.5. The molecule has 0 bridgehead atoms. The summed E-state index contributed by atoms with van der Waals surface area (Å²) in [7, 11) is 0. The molecule has 2 rings (SSSR count). The number of ether oxygens (including phenoxy) is 2. The number of aromatic nitrogens is 2. The molecule has 0 saturated carbocycles. The van der Waals surface area contributed by atoms with Gasteiger partial charge in [-0.05, 0) is 32.3 Å². The summed E-state index contributed by atoms with van der Waals surface area (Å²) >= 11 is 0. The zero-order chi connectivity index (χ0) is 13.5. The Kier molecular flexibility index (Phi) is 5.35. The van der Waals surface area contributed by atoms with E-state index in [1.807, 2.05) is 6.07 Å². The molecule has 2 N–H and O–H groups in total. The van der Waals surface area contributed by atoms with Crippen LogP contribution < -0.4 is 5.32 Å². The van der Waals surface area contributed by atoms with E-state index < -0.39 is 6.10 Å². The van der Waals surface area contributed by atoms with E-state index in [1.165, 1.54) is 6.42 Å². The normalized spacial score (nSPS) is 21.0. The molecule has 106 valence electrons. The molecule has 2 unspecified atom stereocenters. The number of hydrogen-bond donors (Lipinski definition) is 2. The highest BCUT2D eigenvalue weighted by Crippen LogP contribution is 2.13. The van der Waals surface area contributed by atoms with Gasteiger partial charge >= 0.3 is 0 Å². The SMILES string of the molecule is CC(OCC1CCCCO1)C(=O)NCc1ccn[nH]1. The van der Waals surface area contributed by atoms with Crippen molar-refractivity contribution in [2.45, 2.75) is 44.9 Å². The molecular formula is C13H21N3O3. The van der Waals surface area contributed by atoms with Crippen LogP contribution in [0.15, 0.2) is 12.3 Å². The van der Waals surface area contributed by atoms with Gasteiger partial charge in [-0.15, -0.1) is 0 Å². The first-order valence-corrected chi connectivity index (χ1v) is 6.75. The summed E-state index contributed by atoms with van der Waals surface area (Å²) in [6.07, 6.45) is 4.64. The lowest BCUT2D eigenvalue weighted by Crippen LogP contribution is -2.36. The van der Waals surface area contributed by atoms with Crippen LogP contribution in [0.4, 0.5) is 0 Å². The number of amides is 1. The van der Waals surface area contributed by atoms with Gasteiger partial charge < -0.3 is 14.8 Å². The van der Waals surface area contributed by atoms with Gasteiger partial charge in [0.1, 0.15) is 6.10 Å². The Labute approximate surface area is 112 Å². The second kappa shape index (κ2) is 7.25. The minimum absolute atomic E-state index is 0.120. The van der Waals surface area contributed by atoms with Crippen LogP contribution in [0.25, 0.3) is 0 Å². The third kappa shape index (κ3) is 4.65. The number of aromatic amines is 1. The quantitative estimate of drug-likeness (QED) is 0.806. The van der Waals surface area contributed by atoms with Gasteiger partial charge in [-0.25, -0.2) is 0 Å². The van der Waals surface area contributed by atoms with Crippen molar-refractivity contribution < 1.29 is 14.3 Å². The molecule has 6 heteroatoms. The topological polar surface area (TPSA) is 76.2 Å². The zero-order valence-electron chi connectivity index (χ0n) is 11.2. The molecule has 1 aliphatic rings. The molecule has 2 atom stereocenters. The van der Waals surface area contributed by atoms with E-state index in [0.29, 0.717) is 13.2 Å². The van der Waals surface area contributed by atoms with Crippen LogP contribution >= 0.6 is 0 Å². The van der Waals surface area contributed by atoms with Crippen LogP contribution in [0.2, 0.25) is 0 Å². The lowest BCUT2D eigenvalue weighted by atomic mass is 10.1. The monoisotopic (exact) mass is 267 g/mol. The minimum atomic E-state index is -0.464. The Morgan fingerprint density at radius 3 is 3.26 bits per heavy atom. The van der Waals surface area contributed by atoms with Crippen LogP contribution in [-0.2, 0) is 20.8 Å². The Morgan fingerprint density at radius 1 is 1.68 bits per heavy atom. The van der Waals surface area contributed by atoms with E-state index in [2.05, 4.69) is 15.5 Å². The Hall–Kier alpha value is -1.40. The average molecular weight is 267 g/mol. The maximum Gasteiger partial charge on any atom is 0.249 e. The number of rotatable bonds is 6. The number of carbonyl (C=O) groups excluding carboxylic acids is 1. The Morgan fingerprint density at radius 2 is 2.58 bits per heavy atom. The second-order valence-electron chi connectivity index (χ2n) is 4.76. The minimum Gasteiger partial charge on any atom is -0.376 e. The van der Waals surface area contributed by atoms with E-state index in [9.17, 15) is 4.79 Å². The van der Waals surface area contributed by atoms with Crippen molar-refractivity contribution in [2.24, 2.45) is 0 Å². The second-order valence-corrected chi connectivity index (χ2v) is 4.76. The van der Waals surface area contributed by atoms with Gasteiger partial charge in [-0.1, -0.05) is 0 Å². The van der Waals surface area contributed by atoms with E-state index in [-0.39, 0.29) is 12.0 Å². The summed E-state index contributed by atoms with van der Waals surface area (Å²) in [5.74, 6) is -0.120. The first-order chi connectivity index (χ1) is 9.25. The highest BCUT2D eigenvalue weighted by Gasteiger charge is 2.18. The predicted octanol–water partition coefficient (Wildman–Crippen LogP) is 1.00. The van der Waals surface area contributed by atoms with Gasteiger partial charge in [-0.2, -0.15) is 5.10 Å². The molecule has 6 nitrogen and oxygen atoms in total. The van der Waals surface area contributed by atoms with E-state index in [1.54, 1.807) is 13.1 Å². The first kappa shape index (κ1) is 14.0. The summed E-state index contributed by atoms with van der Waals surface area (Å²) in [5, 5.41) is 9.40. The molecule has 1 fully saturated rings. The van der Waals surface area contributed by atoms with Crippen molar-refractivity contribution >= 4 is 5.91 Å². The number of carbonyl (C=O) groups is 1. The van der Waals surface area contributed by atoms with Crippen LogP contribution in [0.5, 0.6) is 0 Å². The van der Waals surface area contributed by atoms with Crippen molar-refractivity contribution in [2.75, 3.05) is 13.2 Å². The summed E-state index contributed by atoms with van der Waals surface area (Å²) in [6.45, 7) is 3.48. The van der Waals surface area contributed by atoms with Crippen molar-refractivity contribution in [1.82, 2.24) is 15.5 Å². The molecule has 1 saturated heterocycles. The number of nitrogens with zero attached hydrogens (tertiary/aromatic N) is 1. The molecule has 0 spiro atoms. The van der Waals surface area contributed by atoms with E-state index >= 15 is 0 Å². The summed E-state index contributed by atoms with van der Waals surface area (Å²) in [6, 6.07) is 1.82. The highest BCUT2D eigenvalue weighted by molar-refractivity contribution is 5.80. The largest absolute Gasteiger partial charge is 0.376 e. The van der Waals surface area contributed by atoms with Crippen LogP contribution in [0.3, 0.4) is 0 Å². The predicted molar refractivity (Wildman–Crippen MR) is 69.4 cm³/mol. The zero-order valence-corrected chi connectivity index (χ0v) is 11.2. The van der Waals surface area contributed by atoms with Gasteiger partial charge in [0.15, 0.2) is 0 Å². The maximum absolute atomic E-state index is 11.8. The Balaban J connectivity index is 1.64. The molecule has 19 heavy (non-hydrogen) atoms. The number of H-pyrrole nitrogens is 1. The molecule has 1 amide bonds. The standard InChI is InChI=1S/C13H21N3O3/c1-10(19-9-12-4-2-3-7-18-12)13(17)14-8-11-5-6-15-16-11/h5-6,10,12H,2-4,7-9H2,1H3,(H,14,17)(H,15,16). The van der Waals surface area contributed by atoms with Gasteiger partial charge in [0.25, 0.3) is 0 Å². The lowest BCUT2D eigenvalue weighted by molar-refractivity contribution is -0.135. The van der Waals surface area contributed by atoms with Crippen LogP contribution in [0, 0.1) is 0 Å². The number of nitrogens with one attached hydrogen (secondary N) is 2.